The van der Waals surface area contributed by atoms with Crippen LogP contribution in [0.5, 0.6) is 0 Å². The molecule has 30 heavy (non-hydrogen) atoms. The second kappa shape index (κ2) is 8.56. The van der Waals surface area contributed by atoms with Gasteiger partial charge in [0.15, 0.2) is 0 Å². The summed E-state index contributed by atoms with van der Waals surface area (Å²) in [6.45, 7) is 3.83. The van der Waals surface area contributed by atoms with E-state index in [2.05, 4.69) is 9.97 Å². The molecule has 0 unspecified atom stereocenters. The number of benzene rings is 1. The Morgan fingerprint density at radius 1 is 1.03 bits per heavy atom. The van der Waals surface area contributed by atoms with Crippen molar-refractivity contribution in [2.75, 3.05) is 0 Å². The van der Waals surface area contributed by atoms with E-state index in [0.29, 0.717) is 10.6 Å². The number of hydrogen-bond donors (Lipinski definition) is 0. The van der Waals surface area contributed by atoms with Gasteiger partial charge in [0.05, 0.1) is 33.4 Å². The van der Waals surface area contributed by atoms with Crippen LogP contribution in [0.1, 0.15) is 26.8 Å². The summed E-state index contributed by atoms with van der Waals surface area (Å²) in [4.78, 5) is 22.2. The maximum Gasteiger partial charge on any atom is 0.497 e. The molecule has 3 aromatic rings. The molecule has 0 saturated carbocycles. The zero-order chi connectivity index (χ0) is 22.1. The second-order valence-electron chi connectivity index (χ2n) is 6.69. The number of rotatable bonds is 7. The van der Waals surface area contributed by atoms with Crippen LogP contribution in [0.3, 0.4) is 0 Å². The molecule has 3 rings (SSSR count). The zero-order valence-electron chi connectivity index (χ0n) is 16.0. The monoisotopic (exact) mass is 474 g/mol. The minimum Gasteiger partial charge on any atom is -0.299 e. The molecule has 0 aliphatic carbocycles. The molecular weight excluding hydrogens is 457 g/mol. The minimum absolute atomic E-state index is 0.0170. The second-order valence-corrected chi connectivity index (χ2v) is 10.8. The van der Waals surface area contributed by atoms with E-state index in [-0.39, 0.29) is 24.2 Å². The van der Waals surface area contributed by atoms with Crippen LogP contribution in [0.15, 0.2) is 29.6 Å². The highest BCUT2D eigenvalue weighted by Crippen LogP contribution is 2.31. The largest absolute Gasteiger partial charge is 0.497 e. The van der Waals surface area contributed by atoms with Gasteiger partial charge in [0.1, 0.15) is 10.8 Å². The summed E-state index contributed by atoms with van der Waals surface area (Å²) in [6.07, 6.45) is 0.228. The molecule has 0 bridgehead atoms. The van der Waals surface area contributed by atoms with Crippen molar-refractivity contribution in [1.29, 1.82) is 0 Å². The molecule has 0 amide bonds. The fourth-order valence-electron chi connectivity index (χ4n) is 2.78. The first-order valence-electron chi connectivity index (χ1n) is 8.72. The predicted molar refractivity (Wildman–Crippen MR) is 110 cm³/mol. The quantitative estimate of drug-likeness (QED) is 0.497. The highest BCUT2D eigenvalue weighted by atomic mass is 32.2. The molecule has 0 fully saturated rings. The number of thiazole rings is 2. The number of hydrogen-bond acceptors (Lipinski definition) is 7. The summed E-state index contributed by atoms with van der Waals surface area (Å²) >= 11 is 2.93. The number of aromatic nitrogens is 2. The van der Waals surface area contributed by atoms with E-state index in [0.717, 1.165) is 21.3 Å². The number of carbonyl (C=O) groups is 1. The Morgan fingerprint density at radius 3 is 2.23 bits per heavy atom. The number of nitrogens with zero attached hydrogens (tertiary/aromatic N) is 2. The summed E-state index contributed by atoms with van der Waals surface area (Å²) < 4.78 is 59.9. The van der Waals surface area contributed by atoms with Crippen LogP contribution in [-0.4, -0.2) is 29.7 Å². The van der Waals surface area contributed by atoms with Crippen LogP contribution in [-0.2, 0) is 33.2 Å². The Balaban J connectivity index is 1.61. The van der Waals surface area contributed by atoms with E-state index in [1.165, 1.54) is 35.6 Å². The Morgan fingerprint density at radius 2 is 1.67 bits per heavy atom. The van der Waals surface area contributed by atoms with Crippen molar-refractivity contribution in [3.63, 3.8) is 0 Å². The van der Waals surface area contributed by atoms with Crippen LogP contribution < -0.4 is 0 Å². The van der Waals surface area contributed by atoms with Gasteiger partial charge in [-0.3, -0.25) is 4.79 Å². The van der Waals surface area contributed by atoms with Gasteiger partial charge in [0.25, 0.3) is 9.84 Å². The Hall–Kier alpha value is -2.11. The normalized spacial score (nSPS) is 12.3. The molecule has 0 atom stereocenters. The molecule has 0 radical (unpaired) electrons. The van der Waals surface area contributed by atoms with Crippen LogP contribution in [0, 0.1) is 13.8 Å². The van der Waals surface area contributed by atoms with Crippen LogP contribution in [0.2, 0.25) is 0 Å². The van der Waals surface area contributed by atoms with Gasteiger partial charge in [-0.15, -0.1) is 22.7 Å². The molecule has 5 nitrogen and oxygen atoms in total. The van der Waals surface area contributed by atoms with E-state index >= 15 is 0 Å². The third kappa shape index (κ3) is 5.32. The van der Waals surface area contributed by atoms with Crippen molar-refractivity contribution < 1.29 is 26.4 Å². The van der Waals surface area contributed by atoms with Crippen molar-refractivity contribution in [2.45, 2.75) is 38.0 Å². The fraction of sp³-hybridized carbons (Fsp3) is 0.316. The predicted octanol–water partition coefficient (Wildman–Crippen LogP) is 4.67. The molecule has 0 spiro atoms. The van der Waals surface area contributed by atoms with Crippen molar-refractivity contribution in [3.8, 4) is 10.6 Å². The number of ketones is 1. The lowest BCUT2D eigenvalue weighted by Crippen LogP contribution is -2.24. The van der Waals surface area contributed by atoms with Gasteiger partial charge >= 0.3 is 5.51 Å². The van der Waals surface area contributed by atoms with Gasteiger partial charge in [-0.05, 0) is 25.0 Å². The van der Waals surface area contributed by atoms with Gasteiger partial charge in [0.2, 0.25) is 0 Å². The van der Waals surface area contributed by atoms with Gasteiger partial charge in [-0.2, -0.15) is 13.2 Å². The number of halogens is 3. The molecule has 160 valence electrons. The fourth-order valence-corrected chi connectivity index (χ4v) is 5.34. The van der Waals surface area contributed by atoms with E-state index in [9.17, 15) is 26.4 Å². The average Bonchev–Trinajstić information content (AvgIpc) is 3.21. The van der Waals surface area contributed by atoms with Gasteiger partial charge in [-0.25, -0.2) is 18.4 Å². The zero-order valence-corrected chi connectivity index (χ0v) is 18.4. The van der Waals surface area contributed by atoms with Gasteiger partial charge < -0.3 is 0 Å². The lowest BCUT2D eigenvalue weighted by Gasteiger charge is -2.08. The molecule has 0 N–H and O–H groups in total. The molecule has 0 aliphatic heterocycles. The molecule has 1 aromatic carbocycles. The summed E-state index contributed by atoms with van der Waals surface area (Å²) in [5, 5.41) is 3.51. The Bertz CT molecular complexity index is 1160. The molecular formula is C19H17F3N2O3S3. The molecule has 11 heteroatoms. The van der Waals surface area contributed by atoms with Gasteiger partial charge in [-0.1, -0.05) is 24.3 Å². The first kappa shape index (κ1) is 22.6. The third-order valence-corrected chi connectivity index (χ3v) is 7.53. The van der Waals surface area contributed by atoms with Crippen molar-refractivity contribution in [2.24, 2.45) is 0 Å². The van der Waals surface area contributed by atoms with E-state index in [1.807, 2.05) is 19.2 Å². The standard InChI is InChI=1S/C19H17F3N2O3S3/c1-11-18(29-12(2)23-11)16-9-28-17(24-16)8-15(25)7-13-3-5-14(6-4-13)10-30(26,27)19(20,21)22/h3-6,9H,7-8,10H2,1-2H3. The third-order valence-electron chi connectivity index (χ3n) is 4.17. The smallest absolute Gasteiger partial charge is 0.299 e. The number of aryl methyl sites for hydroxylation is 2. The summed E-state index contributed by atoms with van der Waals surface area (Å²) in [6, 6.07) is 5.52. The lowest BCUT2D eigenvalue weighted by atomic mass is 10.1. The SMILES string of the molecule is Cc1nc(C)c(-c2csc(CC(=O)Cc3ccc(CS(=O)(=O)C(F)(F)F)cc3)n2)s1. The Kier molecular flexibility index (Phi) is 6.44. The minimum atomic E-state index is -5.29. The van der Waals surface area contributed by atoms with E-state index < -0.39 is 21.1 Å². The van der Waals surface area contributed by atoms with Crippen molar-refractivity contribution in [1.82, 2.24) is 9.97 Å². The number of sulfone groups is 1. The molecule has 2 heterocycles. The van der Waals surface area contributed by atoms with Crippen molar-refractivity contribution in [3.05, 3.63) is 56.5 Å². The van der Waals surface area contributed by atoms with Crippen LogP contribution >= 0.6 is 22.7 Å². The molecule has 2 aromatic heterocycles. The molecule has 0 aliphatic rings. The number of carbonyl (C=O) groups excluding carboxylic acids is 1. The van der Waals surface area contributed by atoms with Crippen LogP contribution in [0.4, 0.5) is 13.2 Å². The first-order valence-corrected chi connectivity index (χ1v) is 12.1. The first-order chi connectivity index (χ1) is 13.9. The number of alkyl halides is 3. The topological polar surface area (TPSA) is 77.0 Å². The summed E-state index contributed by atoms with van der Waals surface area (Å²) in [5.41, 5.74) is -2.98. The molecule has 0 saturated heterocycles. The van der Waals surface area contributed by atoms with Crippen LogP contribution in [0.25, 0.3) is 10.6 Å². The lowest BCUT2D eigenvalue weighted by molar-refractivity contribution is -0.117. The van der Waals surface area contributed by atoms with E-state index in [4.69, 9.17) is 0 Å². The highest BCUT2D eigenvalue weighted by molar-refractivity contribution is 7.91. The van der Waals surface area contributed by atoms with Crippen molar-refractivity contribution >= 4 is 38.3 Å². The Labute approximate surface area is 179 Å². The number of Topliss-reactive ketones (excluding diaryl/α,β-unsaturated/α-hetero) is 1. The summed E-state index contributed by atoms with van der Waals surface area (Å²) in [5.74, 6) is -1.22. The highest BCUT2D eigenvalue weighted by Gasteiger charge is 2.45. The summed E-state index contributed by atoms with van der Waals surface area (Å²) in [7, 11) is -5.23. The maximum atomic E-state index is 12.5. The van der Waals surface area contributed by atoms with E-state index in [1.54, 1.807) is 11.3 Å². The average molecular weight is 475 g/mol. The van der Waals surface area contributed by atoms with Gasteiger partial charge in [0, 0.05) is 11.8 Å². The maximum absolute atomic E-state index is 12.5.